The normalized spacial score (nSPS) is 16.8. The van der Waals surface area contributed by atoms with Gasteiger partial charge in [-0.25, -0.2) is 4.98 Å². The lowest BCUT2D eigenvalue weighted by Crippen LogP contribution is -2.57. The van der Waals surface area contributed by atoms with Crippen molar-refractivity contribution < 1.29 is 13.9 Å². The molecule has 0 atom stereocenters. The number of hydrogen-bond acceptors (Lipinski definition) is 5. The quantitative estimate of drug-likeness (QED) is 0.873. The van der Waals surface area contributed by atoms with Crippen molar-refractivity contribution in [1.29, 1.82) is 0 Å². The molecule has 1 aliphatic rings. The maximum Gasteiger partial charge on any atom is 0.240 e. The van der Waals surface area contributed by atoms with E-state index in [9.17, 15) is 4.79 Å². The van der Waals surface area contributed by atoms with E-state index in [1.54, 1.807) is 6.26 Å². The van der Waals surface area contributed by atoms with E-state index in [0.717, 1.165) is 11.3 Å². The summed E-state index contributed by atoms with van der Waals surface area (Å²) in [4.78, 5) is 16.7. The van der Waals surface area contributed by atoms with Crippen LogP contribution in [0.4, 0.5) is 0 Å². The smallest absolute Gasteiger partial charge is 0.240 e. The SMILES string of the molecule is Cc1ccc(-c2nc(CCNC(=O)C3(N)CCOCC3)co2)cc1. The number of nitrogens with zero attached hydrogens (tertiary/aromatic N) is 1. The first kappa shape index (κ1) is 16.7. The second kappa shape index (κ2) is 7.15. The number of hydrogen-bond donors (Lipinski definition) is 2. The minimum absolute atomic E-state index is 0.118. The Bertz CT molecular complexity index is 688. The third-order valence-corrected chi connectivity index (χ3v) is 4.35. The molecular weight excluding hydrogens is 306 g/mol. The van der Waals surface area contributed by atoms with Crippen molar-refractivity contribution in [2.24, 2.45) is 5.73 Å². The molecule has 0 bridgehead atoms. The van der Waals surface area contributed by atoms with Crippen molar-refractivity contribution in [2.75, 3.05) is 19.8 Å². The van der Waals surface area contributed by atoms with Gasteiger partial charge in [-0.1, -0.05) is 17.7 Å². The molecule has 1 aromatic heterocycles. The van der Waals surface area contributed by atoms with E-state index in [4.69, 9.17) is 14.9 Å². The summed E-state index contributed by atoms with van der Waals surface area (Å²) < 4.78 is 10.8. The van der Waals surface area contributed by atoms with Crippen LogP contribution in [-0.2, 0) is 16.0 Å². The summed E-state index contributed by atoms with van der Waals surface area (Å²) >= 11 is 0. The van der Waals surface area contributed by atoms with Crippen LogP contribution in [0.5, 0.6) is 0 Å². The molecule has 1 fully saturated rings. The maximum atomic E-state index is 12.2. The highest BCUT2D eigenvalue weighted by Gasteiger charge is 2.35. The molecule has 128 valence electrons. The van der Waals surface area contributed by atoms with E-state index in [2.05, 4.69) is 10.3 Å². The zero-order chi connectivity index (χ0) is 17.0. The van der Waals surface area contributed by atoms with E-state index in [1.165, 1.54) is 5.56 Å². The Labute approximate surface area is 141 Å². The van der Waals surface area contributed by atoms with Gasteiger partial charge >= 0.3 is 0 Å². The predicted octanol–water partition coefficient (Wildman–Crippen LogP) is 1.82. The topological polar surface area (TPSA) is 90.4 Å². The van der Waals surface area contributed by atoms with Gasteiger partial charge in [0.1, 0.15) is 6.26 Å². The molecule has 0 aliphatic carbocycles. The van der Waals surface area contributed by atoms with Crippen molar-refractivity contribution in [2.45, 2.75) is 31.7 Å². The standard InChI is InChI=1S/C18H23N3O3/c1-13-2-4-14(5-3-13)16-21-15(12-24-16)6-9-20-17(22)18(19)7-10-23-11-8-18/h2-5,12H,6-11,19H2,1H3,(H,20,22). The van der Waals surface area contributed by atoms with Crippen LogP contribution in [0.1, 0.15) is 24.1 Å². The third-order valence-electron chi connectivity index (χ3n) is 4.35. The number of rotatable bonds is 5. The van der Waals surface area contributed by atoms with E-state index in [-0.39, 0.29) is 5.91 Å². The number of aryl methyl sites for hydroxylation is 1. The molecule has 24 heavy (non-hydrogen) atoms. The maximum absolute atomic E-state index is 12.2. The second-order valence-corrected chi connectivity index (χ2v) is 6.28. The average molecular weight is 329 g/mol. The van der Waals surface area contributed by atoms with Crippen molar-refractivity contribution >= 4 is 5.91 Å². The highest BCUT2D eigenvalue weighted by molar-refractivity contribution is 5.86. The number of ether oxygens (including phenoxy) is 1. The molecule has 6 heteroatoms. The molecule has 1 saturated heterocycles. The largest absolute Gasteiger partial charge is 0.444 e. The van der Waals surface area contributed by atoms with Gasteiger partial charge in [0.25, 0.3) is 0 Å². The lowest BCUT2D eigenvalue weighted by Gasteiger charge is -2.31. The zero-order valence-electron chi connectivity index (χ0n) is 13.9. The van der Waals surface area contributed by atoms with Crippen molar-refractivity contribution in [3.05, 3.63) is 41.8 Å². The van der Waals surface area contributed by atoms with Crippen LogP contribution in [0, 0.1) is 6.92 Å². The molecule has 0 unspecified atom stereocenters. The molecule has 1 aliphatic heterocycles. The summed E-state index contributed by atoms with van der Waals surface area (Å²) in [7, 11) is 0. The first-order valence-corrected chi connectivity index (χ1v) is 8.23. The fraction of sp³-hybridized carbons (Fsp3) is 0.444. The first-order chi connectivity index (χ1) is 11.6. The predicted molar refractivity (Wildman–Crippen MR) is 90.4 cm³/mol. The van der Waals surface area contributed by atoms with Crippen LogP contribution in [0.25, 0.3) is 11.5 Å². The Morgan fingerprint density at radius 3 is 2.71 bits per heavy atom. The highest BCUT2D eigenvalue weighted by Crippen LogP contribution is 2.20. The number of nitrogens with two attached hydrogens (primary N) is 1. The van der Waals surface area contributed by atoms with Gasteiger partial charge in [-0.05, 0) is 31.9 Å². The van der Waals surface area contributed by atoms with Crippen molar-refractivity contribution in [3.8, 4) is 11.5 Å². The molecule has 0 radical (unpaired) electrons. The van der Waals surface area contributed by atoms with Gasteiger partial charge in [-0.3, -0.25) is 4.79 Å². The van der Waals surface area contributed by atoms with Gasteiger partial charge in [0.2, 0.25) is 11.8 Å². The van der Waals surface area contributed by atoms with Crippen LogP contribution >= 0.6 is 0 Å². The van der Waals surface area contributed by atoms with Crippen LogP contribution in [0.2, 0.25) is 0 Å². The fourth-order valence-electron chi connectivity index (χ4n) is 2.69. The van der Waals surface area contributed by atoms with Crippen LogP contribution < -0.4 is 11.1 Å². The van der Waals surface area contributed by atoms with Crippen LogP contribution in [-0.4, -0.2) is 36.2 Å². The molecular formula is C18H23N3O3. The summed E-state index contributed by atoms with van der Waals surface area (Å²) in [6.45, 7) is 3.59. The number of aromatic nitrogens is 1. The van der Waals surface area contributed by atoms with Gasteiger partial charge in [-0.15, -0.1) is 0 Å². The Morgan fingerprint density at radius 2 is 2.00 bits per heavy atom. The minimum Gasteiger partial charge on any atom is -0.444 e. The molecule has 6 nitrogen and oxygen atoms in total. The molecule has 1 amide bonds. The van der Waals surface area contributed by atoms with Crippen LogP contribution in [0.3, 0.4) is 0 Å². The summed E-state index contributed by atoms with van der Waals surface area (Å²) in [5.41, 5.74) is 8.28. The lowest BCUT2D eigenvalue weighted by atomic mass is 9.90. The monoisotopic (exact) mass is 329 g/mol. The Hall–Kier alpha value is -2.18. The molecule has 1 aromatic carbocycles. The van der Waals surface area contributed by atoms with Crippen molar-refractivity contribution in [3.63, 3.8) is 0 Å². The number of oxazole rings is 1. The zero-order valence-corrected chi connectivity index (χ0v) is 13.9. The van der Waals surface area contributed by atoms with Gasteiger partial charge < -0.3 is 20.2 Å². The third kappa shape index (κ3) is 3.83. The van der Waals surface area contributed by atoms with Gasteiger partial charge in [-0.2, -0.15) is 0 Å². The summed E-state index contributed by atoms with van der Waals surface area (Å²) in [5.74, 6) is 0.476. The van der Waals surface area contributed by atoms with E-state index in [1.807, 2.05) is 31.2 Å². The first-order valence-electron chi connectivity index (χ1n) is 8.23. The molecule has 2 aromatic rings. The number of benzene rings is 1. The number of carbonyl (C=O) groups excluding carboxylic acids is 1. The number of nitrogens with one attached hydrogen (secondary N) is 1. The Kier molecular flexibility index (Phi) is 4.97. The fourth-order valence-corrected chi connectivity index (χ4v) is 2.69. The van der Waals surface area contributed by atoms with Gasteiger partial charge in [0.15, 0.2) is 0 Å². The summed E-state index contributed by atoms with van der Waals surface area (Å²) in [5, 5.41) is 2.90. The van der Waals surface area contributed by atoms with E-state index >= 15 is 0 Å². The Balaban J connectivity index is 1.52. The van der Waals surface area contributed by atoms with E-state index in [0.29, 0.717) is 44.9 Å². The summed E-state index contributed by atoms with van der Waals surface area (Å²) in [6, 6.07) is 8.01. The van der Waals surface area contributed by atoms with E-state index < -0.39 is 5.54 Å². The Morgan fingerprint density at radius 1 is 1.29 bits per heavy atom. The van der Waals surface area contributed by atoms with Gasteiger partial charge in [0.05, 0.1) is 11.2 Å². The highest BCUT2D eigenvalue weighted by atomic mass is 16.5. The molecule has 0 spiro atoms. The number of amides is 1. The molecule has 0 saturated carbocycles. The van der Waals surface area contributed by atoms with Gasteiger partial charge in [0, 0.05) is 31.7 Å². The number of carbonyl (C=O) groups is 1. The molecule has 2 heterocycles. The second-order valence-electron chi connectivity index (χ2n) is 6.28. The molecule has 3 N–H and O–H groups in total. The molecule has 3 rings (SSSR count). The van der Waals surface area contributed by atoms with Crippen LogP contribution in [0.15, 0.2) is 34.9 Å². The average Bonchev–Trinajstić information content (AvgIpc) is 3.05. The van der Waals surface area contributed by atoms with Crippen molar-refractivity contribution in [1.82, 2.24) is 10.3 Å². The summed E-state index contributed by atoms with van der Waals surface area (Å²) in [6.07, 6.45) is 3.35. The minimum atomic E-state index is -0.810. The lowest BCUT2D eigenvalue weighted by molar-refractivity contribution is -0.129.